The maximum atomic E-state index is 11.7. The van der Waals surface area contributed by atoms with E-state index in [-0.39, 0.29) is 18.5 Å². The van der Waals surface area contributed by atoms with Crippen LogP contribution in [0.5, 0.6) is 0 Å². The summed E-state index contributed by atoms with van der Waals surface area (Å²) in [4.78, 5) is 40.0. The largest absolute Gasteiger partial charge is 0.357 e. The first-order valence-corrected chi connectivity index (χ1v) is 10.2. The summed E-state index contributed by atoms with van der Waals surface area (Å²) in [5, 5.41) is 0.132. The van der Waals surface area contributed by atoms with Gasteiger partial charge in [0.2, 0.25) is 5.02 Å². The lowest BCUT2D eigenvalue weighted by Crippen LogP contribution is -2.49. The van der Waals surface area contributed by atoms with Crippen LogP contribution in [0.4, 0.5) is 0 Å². The fraction of sp³-hybridized carbons (Fsp3) is 1.00. The van der Waals surface area contributed by atoms with E-state index in [9.17, 15) is 28.7 Å². The van der Waals surface area contributed by atoms with Crippen molar-refractivity contribution < 1.29 is 28.7 Å². The van der Waals surface area contributed by atoms with Crippen LogP contribution in [0.3, 0.4) is 0 Å². The molecule has 2 aliphatic rings. The van der Waals surface area contributed by atoms with Crippen molar-refractivity contribution in [2.24, 2.45) is 0 Å². The molecule has 0 bridgehead atoms. The Balaban J connectivity index is 2.36. The van der Waals surface area contributed by atoms with E-state index in [1.165, 1.54) is 0 Å². The second-order valence-corrected chi connectivity index (χ2v) is 9.83. The van der Waals surface area contributed by atoms with Gasteiger partial charge in [-0.05, 0) is 19.4 Å². The molecule has 2 rings (SSSR count). The summed E-state index contributed by atoms with van der Waals surface area (Å²) in [5.41, 5.74) is 0. The first-order chi connectivity index (χ1) is 9.12. The number of thiol groups is 1. The van der Waals surface area contributed by atoms with Gasteiger partial charge >= 0.3 is 15.2 Å². The molecular weight excluding hydrogens is 326 g/mol. The maximum absolute atomic E-state index is 11.7. The van der Waals surface area contributed by atoms with Crippen molar-refractivity contribution in [3.05, 3.63) is 0 Å². The number of fused-ring (bicyclic) bond motifs is 1. The minimum atomic E-state index is -5.00. The number of nitrogens with zero attached hydrogens (tertiary/aromatic N) is 1. The van der Waals surface area contributed by atoms with Gasteiger partial charge in [0, 0.05) is 30.8 Å². The van der Waals surface area contributed by atoms with E-state index in [1.54, 1.807) is 0 Å². The van der Waals surface area contributed by atoms with E-state index in [2.05, 4.69) is 17.9 Å². The van der Waals surface area contributed by atoms with Gasteiger partial charge in [0.05, 0.1) is 0 Å². The molecule has 8 nitrogen and oxygen atoms in total. The number of piperidine rings is 1. The van der Waals surface area contributed by atoms with Gasteiger partial charge in [-0.1, -0.05) is 0 Å². The molecule has 0 aromatic heterocycles. The van der Waals surface area contributed by atoms with Crippen LogP contribution in [0.2, 0.25) is 0 Å². The van der Waals surface area contributed by atoms with Gasteiger partial charge in [-0.25, -0.2) is 0 Å². The third-order valence-corrected chi connectivity index (χ3v) is 8.47. The molecule has 0 spiro atoms. The van der Waals surface area contributed by atoms with E-state index in [1.807, 2.05) is 4.90 Å². The van der Waals surface area contributed by atoms with Crippen molar-refractivity contribution in [3.63, 3.8) is 0 Å². The van der Waals surface area contributed by atoms with Gasteiger partial charge < -0.3 is 19.6 Å². The smallest absolute Gasteiger partial charge is 0.323 e. The van der Waals surface area contributed by atoms with Crippen molar-refractivity contribution in [3.8, 4) is 0 Å². The molecule has 20 heavy (non-hydrogen) atoms. The lowest BCUT2D eigenvalue weighted by Gasteiger charge is -2.36. The summed E-state index contributed by atoms with van der Waals surface area (Å²) in [5.74, 6) is 0.585. The Bertz CT molecular complexity index is 441. The number of nitrogens with one attached hydrogen (secondary N) is 1. The third kappa shape index (κ3) is 2.76. The Morgan fingerprint density at radius 3 is 2.35 bits per heavy atom. The molecule has 0 radical (unpaired) electrons. The predicted octanol–water partition coefficient (Wildman–Crippen LogP) is -0.248. The highest BCUT2D eigenvalue weighted by Crippen LogP contribution is 2.71. The summed E-state index contributed by atoms with van der Waals surface area (Å²) in [6, 6.07) is -0.597. The summed E-state index contributed by atoms with van der Waals surface area (Å²) in [6.45, 7) is 1.38. The van der Waals surface area contributed by atoms with Crippen molar-refractivity contribution in [2.75, 3.05) is 18.8 Å². The Morgan fingerprint density at radius 2 is 1.85 bits per heavy atom. The molecule has 0 saturated carbocycles. The monoisotopic (exact) mass is 346 g/mol. The topological polar surface area (TPSA) is 130 Å². The Morgan fingerprint density at radius 1 is 1.25 bits per heavy atom. The molecule has 0 aromatic carbocycles. The van der Waals surface area contributed by atoms with Gasteiger partial charge in [-0.15, -0.1) is 0 Å². The zero-order valence-corrected chi connectivity index (χ0v) is 13.5. The number of likely N-dealkylation sites (tertiary alicyclic amines) is 1. The van der Waals surface area contributed by atoms with Gasteiger partial charge in [0.25, 0.3) is 0 Å². The third-order valence-electron chi connectivity index (χ3n) is 4.16. The highest BCUT2D eigenvalue weighted by molar-refractivity contribution is 7.80. The summed E-state index contributed by atoms with van der Waals surface area (Å²) in [7, 11) is -10.0. The molecule has 2 unspecified atom stereocenters. The van der Waals surface area contributed by atoms with Crippen LogP contribution in [0.1, 0.15) is 19.3 Å². The molecule has 2 heterocycles. The van der Waals surface area contributed by atoms with E-state index in [0.29, 0.717) is 18.7 Å². The predicted molar refractivity (Wildman–Crippen MR) is 76.8 cm³/mol. The zero-order valence-electron chi connectivity index (χ0n) is 10.8. The quantitative estimate of drug-likeness (QED) is 0.304. The average Bonchev–Trinajstić information content (AvgIpc) is 2.69. The van der Waals surface area contributed by atoms with Crippen LogP contribution in [-0.2, 0) is 9.13 Å². The first-order valence-electron chi connectivity index (χ1n) is 6.36. The summed E-state index contributed by atoms with van der Waals surface area (Å²) >= 11 is 4.15. The fourth-order valence-electron chi connectivity index (χ4n) is 3.20. The number of rotatable bonds is 4. The molecule has 0 amide bonds. The Kier molecular flexibility index (Phi) is 4.78. The minimum Gasteiger partial charge on any atom is -0.323 e. The lowest BCUT2D eigenvalue weighted by molar-refractivity contribution is 0.147. The molecule has 0 aliphatic carbocycles. The lowest BCUT2D eigenvalue weighted by atomic mass is 9.98. The minimum absolute atomic E-state index is 0.250. The SMILES string of the molecule is O=P(O)(O)C1(P(=O)(O)O)CC2C(CCCN2CCS)N1. The second-order valence-electron chi connectivity index (χ2n) is 5.33. The second kappa shape index (κ2) is 5.65. The Hall–Kier alpha value is 0.570. The highest BCUT2D eigenvalue weighted by Gasteiger charge is 2.66. The summed E-state index contributed by atoms with van der Waals surface area (Å²) < 4.78 is 23.4. The van der Waals surface area contributed by atoms with Gasteiger partial charge in [-0.3, -0.25) is 19.3 Å². The standard InChI is InChI=1S/C9H20N2O6P2S/c12-18(13,14)9(19(15,16)17)6-8-7(10-9)2-1-3-11(8)4-5-20/h7-8,10,20H,1-6H2,(H2,12,13,14)(H2,15,16,17). The van der Waals surface area contributed by atoms with Crippen LogP contribution >= 0.6 is 27.8 Å². The normalized spacial score (nSPS) is 31.2. The van der Waals surface area contributed by atoms with Gasteiger partial charge in [0.15, 0.2) is 0 Å². The van der Waals surface area contributed by atoms with Crippen molar-refractivity contribution in [2.45, 2.75) is 36.4 Å². The number of hydrogen-bond acceptors (Lipinski definition) is 5. The maximum Gasteiger partial charge on any atom is 0.357 e. The number of hydrogen-bond donors (Lipinski definition) is 6. The van der Waals surface area contributed by atoms with Gasteiger partial charge in [-0.2, -0.15) is 12.6 Å². The molecule has 2 atom stereocenters. The van der Waals surface area contributed by atoms with E-state index >= 15 is 0 Å². The molecular formula is C9H20N2O6P2S. The van der Waals surface area contributed by atoms with E-state index < -0.39 is 20.2 Å². The summed E-state index contributed by atoms with van der Waals surface area (Å²) in [6.07, 6.45) is 1.22. The van der Waals surface area contributed by atoms with E-state index in [0.717, 1.165) is 13.0 Å². The van der Waals surface area contributed by atoms with Crippen molar-refractivity contribution in [1.82, 2.24) is 10.2 Å². The Labute approximate surface area is 122 Å². The van der Waals surface area contributed by atoms with Crippen molar-refractivity contribution >= 4 is 27.8 Å². The molecule has 2 fully saturated rings. The first kappa shape index (κ1) is 16.9. The van der Waals surface area contributed by atoms with Crippen LogP contribution in [0.15, 0.2) is 0 Å². The fourth-order valence-corrected chi connectivity index (χ4v) is 6.33. The molecule has 11 heteroatoms. The molecule has 0 aromatic rings. The van der Waals surface area contributed by atoms with Gasteiger partial charge in [0.1, 0.15) is 0 Å². The van der Waals surface area contributed by atoms with E-state index in [4.69, 9.17) is 0 Å². The molecule has 2 aliphatic heterocycles. The van der Waals surface area contributed by atoms with Crippen LogP contribution in [0.25, 0.3) is 0 Å². The highest BCUT2D eigenvalue weighted by atomic mass is 32.1. The van der Waals surface area contributed by atoms with Crippen LogP contribution < -0.4 is 5.32 Å². The molecule has 5 N–H and O–H groups in total. The van der Waals surface area contributed by atoms with Crippen molar-refractivity contribution in [1.29, 1.82) is 0 Å². The van der Waals surface area contributed by atoms with Crippen LogP contribution in [0, 0.1) is 0 Å². The van der Waals surface area contributed by atoms with Crippen LogP contribution in [-0.4, -0.2) is 60.4 Å². The molecule has 118 valence electrons. The average molecular weight is 346 g/mol. The molecule has 2 saturated heterocycles. The zero-order chi connectivity index (χ0) is 15.2.